The SMILES string of the molecule is C=C/C(=C\N(C)C)c1cccc(-c2nc(NC3CCCC3)c(/C(C=NC)=C/C)cc2C)c1.CC. The lowest BCUT2D eigenvalue weighted by atomic mass is 9.97. The third kappa shape index (κ3) is 6.93. The van der Waals surface area contributed by atoms with Gasteiger partial charge in [0.2, 0.25) is 0 Å². The number of nitrogens with zero attached hydrogens (tertiary/aromatic N) is 3. The Morgan fingerprint density at radius 1 is 1.15 bits per heavy atom. The predicted molar refractivity (Wildman–Crippen MR) is 152 cm³/mol. The number of benzene rings is 1. The van der Waals surface area contributed by atoms with Crippen molar-refractivity contribution in [1.82, 2.24) is 9.88 Å². The van der Waals surface area contributed by atoms with Crippen LogP contribution in [0.2, 0.25) is 0 Å². The van der Waals surface area contributed by atoms with E-state index in [0.29, 0.717) is 6.04 Å². The Morgan fingerprint density at radius 2 is 1.85 bits per heavy atom. The minimum Gasteiger partial charge on any atom is -0.383 e. The lowest BCUT2D eigenvalue weighted by molar-refractivity contribution is 0.566. The van der Waals surface area contributed by atoms with E-state index >= 15 is 0 Å². The second kappa shape index (κ2) is 13.5. The fourth-order valence-corrected chi connectivity index (χ4v) is 4.31. The number of anilines is 1. The van der Waals surface area contributed by atoms with Crippen LogP contribution in [0.1, 0.15) is 63.1 Å². The molecule has 1 N–H and O–H groups in total. The summed E-state index contributed by atoms with van der Waals surface area (Å²) in [5.74, 6) is 0.948. The molecule has 182 valence electrons. The van der Waals surface area contributed by atoms with Crippen LogP contribution >= 0.6 is 0 Å². The van der Waals surface area contributed by atoms with Gasteiger partial charge in [0.15, 0.2) is 0 Å². The van der Waals surface area contributed by atoms with Crippen molar-refractivity contribution in [2.45, 2.75) is 59.4 Å². The van der Waals surface area contributed by atoms with Crippen LogP contribution in [0.15, 0.2) is 60.3 Å². The molecule has 0 atom stereocenters. The number of aliphatic imine (C=N–C) groups is 1. The van der Waals surface area contributed by atoms with Crippen LogP contribution in [0.4, 0.5) is 5.82 Å². The van der Waals surface area contributed by atoms with Crippen molar-refractivity contribution in [3.8, 4) is 11.3 Å². The Labute approximate surface area is 207 Å². The van der Waals surface area contributed by atoms with Gasteiger partial charge in [0.25, 0.3) is 0 Å². The zero-order chi connectivity index (χ0) is 25.1. The van der Waals surface area contributed by atoms with E-state index in [1.807, 2.05) is 52.2 Å². The van der Waals surface area contributed by atoms with E-state index in [0.717, 1.165) is 44.9 Å². The highest BCUT2D eigenvalue weighted by Crippen LogP contribution is 2.33. The van der Waals surface area contributed by atoms with Crippen LogP contribution < -0.4 is 5.32 Å². The molecule has 34 heavy (non-hydrogen) atoms. The zero-order valence-corrected chi connectivity index (χ0v) is 22.2. The third-order valence-electron chi connectivity index (χ3n) is 5.89. The first-order chi connectivity index (χ1) is 16.5. The standard InChI is InChI=1S/C28H36N4.C2H6/c1-7-21(18-29-4)26-16-20(3)27(31-28(26)30-25-14-9-10-15-25)24-13-11-12-23(17-24)22(8-2)19-32(5)6;1-2/h7-8,11-13,16-19,25H,2,9-10,14-15H2,1,3-6H3,(H,30,31);1-2H3/b21-7+,22-19+,29-18?;. The van der Waals surface area contributed by atoms with Crippen molar-refractivity contribution >= 4 is 23.2 Å². The van der Waals surface area contributed by atoms with Gasteiger partial charge in [-0.1, -0.05) is 63.6 Å². The Kier molecular flexibility index (Phi) is 10.8. The quantitative estimate of drug-likeness (QED) is 0.326. The maximum Gasteiger partial charge on any atom is 0.134 e. The molecule has 1 aromatic carbocycles. The Morgan fingerprint density at radius 3 is 2.44 bits per heavy atom. The molecular weight excluding hydrogens is 416 g/mol. The lowest BCUT2D eigenvalue weighted by Crippen LogP contribution is -2.17. The van der Waals surface area contributed by atoms with Crippen molar-refractivity contribution in [2.24, 2.45) is 4.99 Å². The van der Waals surface area contributed by atoms with Crippen LogP contribution in [0.25, 0.3) is 22.4 Å². The molecule has 1 heterocycles. The number of allylic oxidation sites excluding steroid dienone is 4. The first-order valence-corrected chi connectivity index (χ1v) is 12.4. The number of nitrogens with one attached hydrogen (secondary N) is 1. The van der Waals surface area contributed by atoms with Crippen LogP contribution in [0.5, 0.6) is 0 Å². The van der Waals surface area contributed by atoms with Gasteiger partial charge in [-0.15, -0.1) is 0 Å². The van der Waals surface area contributed by atoms with Crippen LogP contribution in [-0.2, 0) is 0 Å². The highest BCUT2D eigenvalue weighted by atomic mass is 15.0. The molecule has 0 bridgehead atoms. The van der Waals surface area contributed by atoms with Gasteiger partial charge in [-0.25, -0.2) is 4.98 Å². The fourth-order valence-electron chi connectivity index (χ4n) is 4.31. The molecule has 1 saturated carbocycles. The number of hydrogen-bond donors (Lipinski definition) is 1. The van der Waals surface area contributed by atoms with Crippen molar-refractivity contribution < 1.29 is 0 Å². The molecule has 0 unspecified atom stereocenters. The largest absolute Gasteiger partial charge is 0.383 e. The van der Waals surface area contributed by atoms with Crippen molar-refractivity contribution in [2.75, 3.05) is 26.5 Å². The van der Waals surface area contributed by atoms with Gasteiger partial charge in [0, 0.05) is 50.7 Å². The van der Waals surface area contributed by atoms with E-state index in [-0.39, 0.29) is 0 Å². The van der Waals surface area contributed by atoms with E-state index in [1.54, 1.807) is 0 Å². The zero-order valence-electron chi connectivity index (χ0n) is 22.2. The molecule has 0 amide bonds. The van der Waals surface area contributed by atoms with Gasteiger partial charge >= 0.3 is 0 Å². The minimum absolute atomic E-state index is 0.482. The molecule has 1 aromatic heterocycles. The summed E-state index contributed by atoms with van der Waals surface area (Å²) in [5.41, 5.74) is 7.69. The first-order valence-electron chi connectivity index (χ1n) is 12.4. The normalized spacial score (nSPS) is 14.7. The van der Waals surface area contributed by atoms with Crippen LogP contribution in [-0.4, -0.2) is 43.3 Å². The fraction of sp³-hybridized carbons (Fsp3) is 0.400. The molecule has 0 saturated heterocycles. The van der Waals surface area contributed by atoms with Crippen molar-refractivity contribution in [3.63, 3.8) is 0 Å². The number of rotatable bonds is 8. The smallest absolute Gasteiger partial charge is 0.134 e. The number of aromatic nitrogens is 1. The summed E-state index contributed by atoms with van der Waals surface area (Å²) in [7, 11) is 5.86. The maximum atomic E-state index is 5.17. The molecule has 4 heteroatoms. The van der Waals surface area contributed by atoms with E-state index in [9.17, 15) is 0 Å². The van der Waals surface area contributed by atoms with Gasteiger partial charge in [-0.2, -0.15) is 0 Å². The maximum absolute atomic E-state index is 5.17. The Hall–Kier alpha value is -3.14. The summed E-state index contributed by atoms with van der Waals surface area (Å²) in [5, 5.41) is 3.75. The topological polar surface area (TPSA) is 40.5 Å². The summed E-state index contributed by atoms with van der Waals surface area (Å²) in [6.07, 6.45) is 13.0. The molecule has 1 aliphatic rings. The Bertz CT molecular complexity index is 1040. The molecule has 0 radical (unpaired) electrons. The van der Waals surface area contributed by atoms with Gasteiger partial charge in [0.05, 0.1) is 5.69 Å². The Balaban J connectivity index is 0.00000199. The lowest BCUT2D eigenvalue weighted by Gasteiger charge is -2.19. The van der Waals surface area contributed by atoms with Crippen molar-refractivity contribution in [1.29, 1.82) is 0 Å². The summed E-state index contributed by atoms with van der Waals surface area (Å²) >= 11 is 0. The molecule has 0 spiro atoms. The van der Waals surface area contributed by atoms with E-state index < -0.39 is 0 Å². The highest BCUT2D eigenvalue weighted by Gasteiger charge is 2.19. The van der Waals surface area contributed by atoms with E-state index in [1.165, 1.54) is 25.7 Å². The van der Waals surface area contributed by atoms with Crippen LogP contribution in [0.3, 0.4) is 0 Å². The van der Waals surface area contributed by atoms with Crippen LogP contribution in [0, 0.1) is 6.92 Å². The van der Waals surface area contributed by atoms with E-state index in [2.05, 4.69) is 73.3 Å². The number of pyridine rings is 1. The predicted octanol–water partition coefficient (Wildman–Crippen LogP) is 7.63. The van der Waals surface area contributed by atoms with Gasteiger partial charge in [-0.3, -0.25) is 4.99 Å². The summed E-state index contributed by atoms with van der Waals surface area (Å²) in [6.45, 7) is 12.2. The second-order valence-electron chi connectivity index (χ2n) is 8.64. The van der Waals surface area contributed by atoms with Gasteiger partial charge in [0.1, 0.15) is 5.82 Å². The van der Waals surface area contributed by atoms with Gasteiger partial charge in [-0.05, 0) is 61.1 Å². The number of aryl methyl sites for hydroxylation is 1. The molecular formula is C30H42N4. The average Bonchev–Trinajstić information content (AvgIpc) is 3.36. The summed E-state index contributed by atoms with van der Waals surface area (Å²) in [4.78, 5) is 11.5. The molecule has 2 aromatic rings. The number of hydrogen-bond acceptors (Lipinski definition) is 4. The third-order valence-corrected chi connectivity index (χ3v) is 5.89. The summed E-state index contributed by atoms with van der Waals surface area (Å²) < 4.78 is 0. The highest BCUT2D eigenvalue weighted by molar-refractivity contribution is 6.11. The summed E-state index contributed by atoms with van der Waals surface area (Å²) in [6, 6.07) is 11.3. The second-order valence-corrected chi connectivity index (χ2v) is 8.64. The molecule has 3 rings (SSSR count). The minimum atomic E-state index is 0.482. The van der Waals surface area contributed by atoms with Crippen molar-refractivity contribution in [3.05, 3.63) is 72.0 Å². The molecule has 1 aliphatic carbocycles. The average molecular weight is 459 g/mol. The first kappa shape index (κ1) is 27.1. The van der Waals surface area contributed by atoms with Gasteiger partial charge < -0.3 is 10.2 Å². The van der Waals surface area contributed by atoms with E-state index in [4.69, 9.17) is 4.98 Å². The monoisotopic (exact) mass is 458 g/mol. The molecule has 1 fully saturated rings. The molecule has 4 nitrogen and oxygen atoms in total. The molecule has 0 aliphatic heterocycles.